The molecule has 108 valence electrons. The van der Waals surface area contributed by atoms with E-state index < -0.39 is 0 Å². The maximum absolute atomic E-state index is 6.30. The van der Waals surface area contributed by atoms with E-state index in [0.717, 1.165) is 31.5 Å². The van der Waals surface area contributed by atoms with Crippen molar-refractivity contribution in [2.45, 2.75) is 45.7 Å². The van der Waals surface area contributed by atoms with Gasteiger partial charge in [0.05, 0.1) is 16.9 Å². The zero-order valence-electron chi connectivity index (χ0n) is 12.1. The zero-order valence-corrected chi connectivity index (χ0v) is 12.9. The van der Waals surface area contributed by atoms with E-state index in [0.29, 0.717) is 5.02 Å². The molecule has 2 rings (SSSR count). The average molecular weight is 292 g/mol. The minimum Gasteiger partial charge on any atom is -0.323 e. The first-order chi connectivity index (χ1) is 9.61. The van der Waals surface area contributed by atoms with Gasteiger partial charge in [0.25, 0.3) is 0 Å². The summed E-state index contributed by atoms with van der Waals surface area (Å²) in [5.74, 6) is 0. The summed E-state index contributed by atoms with van der Waals surface area (Å²) in [6, 6.07) is 8.52. The molecule has 0 saturated carbocycles. The fraction of sp³-hybridized carbons (Fsp3) is 0.438. The molecule has 20 heavy (non-hydrogen) atoms. The van der Waals surface area contributed by atoms with Crippen molar-refractivity contribution in [2.24, 2.45) is 5.73 Å². The van der Waals surface area contributed by atoms with Crippen LogP contribution < -0.4 is 5.73 Å². The zero-order chi connectivity index (χ0) is 14.5. The van der Waals surface area contributed by atoms with Crippen molar-refractivity contribution in [1.82, 2.24) is 9.78 Å². The van der Waals surface area contributed by atoms with Gasteiger partial charge >= 0.3 is 0 Å². The smallest absolute Gasteiger partial charge is 0.0834 e. The number of rotatable bonds is 6. The number of aryl methyl sites for hydroxylation is 3. The Bertz CT molecular complexity index is 545. The topological polar surface area (TPSA) is 43.8 Å². The predicted octanol–water partition coefficient (Wildman–Crippen LogP) is 3.89. The normalized spacial score (nSPS) is 12.6. The Kier molecular flexibility index (Phi) is 5.21. The highest BCUT2D eigenvalue weighted by molar-refractivity contribution is 6.31. The van der Waals surface area contributed by atoms with Crippen LogP contribution in [0.15, 0.2) is 30.5 Å². The minimum atomic E-state index is -0.0714. The molecular formula is C16H22ClN3. The molecule has 1 heterocycles. The highest BCUT2D eigenvalue weighted by atomic mass is 35.5. The van der Waals surface area contributed by atoms with Crippen molar-refractivity contribution >= 4 is 11.6 Å². The van der Waals surface area contributed by atoms with E-state index in [1.54, 1.807) is 6.20 Å². The first-order valence-corrected chi connectivity index (χ1v) is 7.52. The number of hydrogen-bond donors (Lipinski definition) is 1. The van der Waals surface area contributed by atoms with Gasteiger partial charge < -0.3 is 5.73 Å². The number of hydrogen-bond acceptors (Lipinski definition) is 2. The molecule has 2 N–H and O–H groups in total. The lowest BCUT2D eigenvalue weighted by Crippen LogP contribution is -2.17. The van der Waals surface area contributed by atoms with Gasteiger partial charge in [0, 0.05) is 12.6 Å². The van der Waals surface area contributed by atoms with E-state index in [9.17, 15) is 0 Å². The Morgan fingerprint density at radius 3 is 2.65 bits per heavy atom. The molecule has 0 fully saturated rings. The van der Waals surface area contributed by atoms with Crippen molar-refractivity contribution in [3.05, 3.63) is 52.3 Å². The second-order valence-corrected chi connectivity index (χ2v) is 5.64. The highest BCUT2D eigenvalue weighted by Gasteiger charge is 2.16. The van der Waals surface area contributed by atoms with E-state index >= 15 is 0 Å². The molecule has 2 aromatic rings. The SMILES string of the molecule is CCCn1ncc(Cl)c1C(N)CCc1ccc(C)cc1. The van der Waals surface area contributed by atoms with Gasteiger partial charge in [-0.25, -0.2) is 0 Å². The predicted molar refractivity (Wildman–Crippen MR) is 84.0 cm³/mol. The summed E-state index contributed by atoms with van der Waals surface area (Å²) in [6.07, 6.45) is 4.54. The molecule has 0 aliphatic rings. The average Bonchev–Trinajstić information content (AvgIpc) is 2.79. The monoisotopic (exact) mass is 291 g/mol. The number of benzene rings is 1. The van der Waals surface area contributed by atoms with Gasteiger partial charge in [-0.2, -0.15) is 5.10 Å². The van der Waals surface area contributed by atoms with Gasteiger partial charge in [-0.3, -0.25) is 4.68 Å². The lowest BCUT2D eigenvalue weighted by atomic mass is 10.0. The lowest BCUT2D eigenvalue weighted by Gasteiger charge is -2.15. The largest absolute Gasteiger partial charge is 0.323 e. The molecule has 4 heteroatoms. The maximum atomic E-state index is 6.30. The molecule has 1 aromatic heterocycles. The first-order valence-electron chi connectivity index (χ1n) is 7.14. The van der Waals surface area contributed by atoms with Gasteiger partial charge in [0.2, 0.25) is 0 Å². The van der Waals surface area contributed by atoms with Crippen LogP contribution in [0.5, 0.6) is 0 Å². The maximum Gasteiger partial charge on any atom is 0.0834 e. The number of nitrogens with zero attached hydrogens (tertiary/aromatic N) is 2. The first kappa shape index (κ1) is 15.1. The van der Waals surface area contributed by atoms with Crippen LogP contribution >= 0.6 is 11.6 Å². The summed E-state index contributed by atoms with van der Waals surface area (Å²) in [5, 5.41) is 4.97. The van der Waals surface area contributed by atoms with Crippen molar-refractivity contribution in [1.29, 1.82) is 0 Å². The Hall–Kier alpha value is -1.32. The van der Waals surface area contributed by atoms with Crippen LogP contribution in [0.4, 0.5) is 0 Å². The van der Waals surface area contributed by atoms with E-state index in [1.165, 1.54) is 11.1 Å². The van der Waals surface area contributed by atoms with E-state index in [2.05, 4.69) is 43.2 Å². The third-order valence-corrected chi connectivity index (χ3v) is 3.78. The Balaban J connectivity index is 2.02. The summed E-state index contributed by atoms with van der Waals surface area (Å²) >= 11 is 6.21. The Morgan fingerprint density at radius 2 is 2.00 bits per heavy atom. The molecular weight excluding hydrogens is 270 g/mol. The van der Waals surface area contributed by atoms with Crippen LogP contribution in [-0.2, 0) is 13.0 Å². The number of halogens is 1. The molecule has 1 atom stereocenters. The van der Waals surface area contributed by atoms with Gasteiger partial charge in [0.15, 0.2) is 0 Å². The third-order valence-electron chi connectivity index (χ3n) is 3.48. The molecule has 0 aliphatic carbocycles. The van der Waals surface area contributed by atoms with Crippen molar-refractivity contribution in [3.63, 3.8) is 0 Å². The molecule has 0 saturated heterocycles. The van der Waals surface area contributed by atoms with Gasteiger partial charge in [-0.1, -0.05) is 48.4 Å². The molecule has 1 unspecified atom stereocenters. The molecule has 1 aromatic carbocycles. The van der Waals surface area contributed by atoms with Crippen LogP contribution in [0.3, 0.4) is 0 Å². The number of aromatic nitrogens is 2. The molecule has 3 nitrogen and oxygen atoms in total. The second-order valence-electron chi connectivity index (χ2n) is 5.23. The van der Waals surface area contributed by atoms with Gasteiger partial charge in [0.1, 0.15) is 0 Å². The van der Waals surface area contributed by atoms with Crippen molar-refractivity contribution in [2.75, 3.05) is 0 Å². The highest BCUT2D eigenvalue weighted by Crippen LogP contribution is 2.25. The van der Waals surface area contributed by atoms with Gasteiger partial charge in [-0.15, -0.1) is 0 Å². The lowest BCUT2D eigenvalue weighted by molar-refractivity contribution is 0.523. The van der Waals surface area contributed by atoms with E-state index in [4.69, 9.17) is 17.3 Å². The Labute approximate surface area is 125 Å². The fourth-order valence-electron chi connectivity index (χ4n) is 2.34. The molecule has 0 spiro atoms. The molecule has 0 bridgehead atoms. The molecule has 0 aliphatic heterocycles. The van der Waals surface area contributed by atoms with Gasteiger partial charge in [-0.05, 0) is 31.7 Å². The summed E-state index contributed by atoms with van der Waals surface area (Å²) < 4.78 is 1.93. The number of nitrogens with two attached hydrogens (primary N) is 1. The van der Waals surface area contributed by atoms with Crippen LogP contribution in [0.1, 0.15) is 42.6 Å². The van der Waals surface area contributed by atoms with E-state index in [-0.39, 0.29) is 6.04 Å². The third kappa shape index (κ3) is 3.62. The quantitative estimate of drug-likeness (QED) is 0.877. The van der Waals surface area contributed by atoms with E-state index in [1.807, 2.05) is 4.68 Å². The summed E-state index contributed by atoms with van der Waals surface area (Å²) in [4.78, 5) is 0. The molecule has 0 radical (unpaired) electrons. The summed E-state index contributed by atoms with van der Waals surface area (Å²) in [5.41, 5.74) is 9.85. The fourth-order valence-corrected chi connectivity index (χ4v) is 2.63. The molecule has 0 amide bonds. The summed E-state index contributed by atoms with van der Waals surface area (Å²) in [6.45, 7) is 5.08. The van der Waals surface area contributed by atoms with Crippen molar-refractivity contribution < 1.29 is 0 Å². The minimum absolute atomic E-state index is 0.0714. The van der Waals surface area contributed by atoms with Crippen molar-refractivity contribution in [3.8, 4) is 0 Å². The Morgan fingerprint density at radius 1 is 1.30 bits per heavy atom. The second kappa shape index (κ2) is 6.91. The standard InChI is InChI=1S/C16H22ClN3/c1-3-10-20-16(14(17)11-19-20)15(18)9-8-13-6-4-12(2)5-7-13/h4-7,11,15H,3,8-10,18H2,1-2H3. The van der Waals surface area contributed by atoms with Crippen LogP contribution in [-0.4, -0.2) is 9.78 Å². The van der Waals surface area contributed by atoms with Crippen LogP contribution in [0, 0.1) is 6.92 Å². The summed E-state index contributed by atoms with van der Waals surface area (Å²) in [7, 11) is 0. The van der Waals surface area contributed by atoms with Crippen LogP contribution in [0.25, 0.3) is 0 Å². The van der Waals surface area contributed by atoms with Crippen LogP contribution in [0.2, 0.25) is 5.02 Å².